The molecule has 1 saturated carbocycles. The van der Waals surface area contributed by atoms with Gasteiger partial charge in [-0.15, -0.1) is 0 Å². The topological polar surface area (TPSA) is 83.7 Å². The summed E-state index contributed by atoms with van der Waals surface area (Å²) in [5, 5.41) is 0. The summed E-state index contributed by atoms with van der Waals surface area (Å²) in [7, 11) is -2.97. The highest BCUT2D eigenvalue weighted by molar-refractivity contribution is 7.91. The first kappa shape index (κ1) is 15.9. The van der Waals surface area contributed by atoms with Crippen LogP contribution in [0.25, 0.3) is 0 Å². The third-order valence-corrected chi connectivity index (χ3v) is 7.28. The van der Waals surface area contributed by atoms with Crippen LogP contribution in [0.15, 0.2) is 24.3 Å². The van der Waals surface area contributed by atoms with E-state index in [0.29, 0.717) is 23.6 Å². The molecule has 0 spiro atoms. The molecule has 2 heterocycles. The van der Waals surface area contributed by atoms with Gasteiger partial charge in [-0.1, -0.05) is 0 Å². The molecule has 4 rings (SSSR count). The second kappa shape index (κ2) is 5.74. The minimum Gasteiger partial charge on any atom is -0.368 e. The lowest BCUT2D eigenvalue weighted by molar-refractivity contribution is 0.0770. The van der Waals surface area contributed by atoms with Crippen molar-refractivity contribution in [2.24, 2.45) is 11.7 Å². The lowest BCUT2D eigenvalue weighted by Gasteiger charge is -2.32. The number of piperidine rings is 1. The number of carbonyl (C=O) groups is 1. The summed E-state index contributed by atoms with van der Waals surface area (Å²) >= 11 is 0. The van der Waals surface area contributed by atoms with Crippen molar-refractivity contribution in [1.82, 2.24) is 4.90 Å². The van der Waals surface area contributed by atoms with E-state index >= 15 is 0 Å². The Labute approximate surface area is 142 Å². The highest BCUT2D eigenvalue weighted by atomic mass is 32.2. The van der Waals surface area contributed by atoms with Crippen LogP contribution in [0.2, 0.25) is 0 Å². The van der Waals surface area contributed by atoms with E-state index in [1.54, 1.807) is 4.90 Å². The van der Waals surface area contributed by atoms with Crippen LogP contribution in [0.1, 0.15) is 23.2 Å². The van der Waals surface area contributed by atoms with E-state index in [1.165, 1.54) is 6.42 Å². The molecule has 3 aliphatic rings. The summed E-state index contributed by atoms with van der Waals surface area (Å²) in [5.74, 6) is 0.634. The fraction of sp³-hybridized carbons (Fsp3) is 0.588. The molecule has 3 fully saturated rings. The molecule has 1 amide bonds. The average molecular weight is 349 g/mol. The molecule has 3 atom stereocenters. The van der Waals surface area contributed by atoms with Gasteiger partial charge in [0, 0.05) is 43.0 Å². The zero-order valence-corrected chi connectivity index (χ0v) is 14.4. The molecule has 6 nitrogen and oxygen atoms in total. The summed E-state index contributed by atoms with van der Waals surface area (Å²) in [5.41, 5.74) is 7.88. The summed E-state index contributed by atoms with van der Waals surface area (Å²) < 4.78 is 23.0. The van der Waals surface area contributed by atoms with Gasteiger partial charge >= 0.3 is 0 Å². The second-order valence-corrected chi connectivity index (χ2v) is 9.50. The molecular weight excluding hydrogens is 326 g/mol. The lowest BCUT2D eigenvalue weighted by atomic mass is 10.0. The molecule has 2 bridgehead atoms. The summed E-state index contributed by atoms with van der Waals surface area (Å²) in [6.07, 6.45) is 2.22. The number of amides is 1. The van der Waals surface area contributed by atoms with Gasteiger partial charge in [0.15, 0.2) is 9.84 Å². The van der Waals surface area contributed by atoms with Gasteiger partial charge in [-0.25, -0.2) is 8.42 Å². The van der Waals surface area contributed by atoms with E-state index in [1.807, 2.05) is 24.3 Å². The normalized spacial score (nSPS) is 31.5. The quantitative estimate of drug-likeness (QED) is 0.840. The Bertz CT molecular complexity index is 731. The van der Waals surface area contributed by atoms with Crippen molar-refractivity contribution < 1.29 is 13.2 Å². The Morgan fingerprint density at radius 3 is 2.29 bits per heavy atom. The van der Waals surface area contributed by atoms with E-state index in [9.17, 15) is 13.2 Å². The largest absolute Gasteiger partial charge is 0.368 e. The predicted molar refractivity (Wildman–Crippen MR) is 92.8 cm³/mol. The van der Waals surface area contributed by atoms with E-state index in [2.05, 4.69) is 4.90 Å². The number of hydrogen-bond donors (Lipinski definition) is 1. The van der Waals surface area contributed by atoms with E-state index in [4.69, 9.17) is 5.73 Å². The molecule has 1 aromatic rings. The molecule has 0 radical (unpaired) electrons. The van der Waals surface area contributed by atoms with Crippen LogP contribution in [0.3, 0.4) is 0 Å². The predicted octanol–water partition coefficient (Wildman–Crippen LogP) is 0.483. The fourth-order valence-electron chi connectivity index (χ4n) is 4.20. The molecule has 130 valence electrons. The van der Waals surface area contributed by atoms with Crippen LogP contribution in [-0.2, 0) is 9.84 Å². The molecular formula is C17H23N3O3S. The zero-order valence-electron chi connectivity index (χ0n) is 13.6. The smallest absolute Gasteiger partial charge is 0.253 e. The average Bonchev–Trinajstić information content (AvgIpc) is 3.14. The molecule has 0 aromatic heterocycles. The Hall–Kier alpha value is -1.60. The molecule has 1 aliphatic carbocycles. The highest BCUT2D eigenvalue weighted by Gasteiger charge is 2.42. The van der Waals surface area contributed by atoms with Crippen LogP contribution >= 0.6 is 0 Å². The van der Waals surface area contributed by atoms with Gasteiger partial charge in [-0.05, 0) is 43.0 Å². The number of nitrogens with zero attached hydrogens (tertiary/aromatic N) is 2. The van der Waals surface area contributed by atoms with Crippen molar-refractivity contribution in [3.63, 3.8) is 0 Å². The van der Waals surface area contributed by atoms with Gasteiger partial charge in [0.2, 0.25) is 0 Å². The van der Waals surface area contributed by atoms with Crippen molar-refractivity contribution in [3.05, 3.63) is 29.8 Å². The van der Waals surface area contributed by atoms with E-state index in [0.717, 1.165) is 18.7 Å². The first-order valence-electron chi connectivity index (χ1n) is 8.55. The molecule has 24 heavy (non-hydrogen) atoms. The third-order valence-electron chi connectivity index (χ3n) is 5.67. The van der Waals surface area contributed by atoms with Crippen molar-refractivity contribution in [3.8, 4) is 0 Å². The number of fused-ring (bicyclic) bond motifs is 2. The lowest BCUT2D eigenvalue weighted by Crippen LogP contribution is -2.43. The maximum absolute atomic E-state index is 12.5. The summed E-state index contributed by atoms with van der Waals surface area (Å²) in [6, 6.07) is 8.57. The number of hydrogen-bond acceptors (Lipinski definition) is 5. The first-order chi connectivity index (χ1) is 11.4. The van der Waals surface area contributed by atoms with Gasteiger partial charge < -0.3 is 15.5 Å². The first-order valence-corrected chi connectivity index (χ1v) is 10.4. The Morgan fingerprint density at radius 1 is 1.08 bits per heavy atom. The van der Waals surface area contributed by atoms with Gasteiger partial charge in [0.25, 0.3) is 5.91 Å². The number of carbonyl (C=O) groups excluding carboxylic acids is 1. The molecule has 3 unspecified atom stereocenters. The minimum absolute atomic E-state index is 0.0634. The van der Waals surface area contributed by atoms with Crippen LogP contribution in [0.4, 0.5) is 5.69 Å². The Balaban J connectivity index is 1.44. The van der Waals surface area contributed by atoms with Crippen molar-refractivity contribution in [1.29, 1.82) is 0 Å². The number of benzene rings is 1. The van der Waals surface area contributed by atoms with Crippen LogP contribution in [-0.4, -0.2) is 62.4 Å². The Morgan fingerprint density at radius 2 is 1.75 bits per heavy atom. The van der Waals surface area contributed by atoms with Crippen molar-refractivity contribution in [2.45, 2.75) is 24.9 Å². The number of nitrogens with two attached hydrogens (primary N) is 1. The van der Waals surface area contributed by atoms with Gasteiger partial charge in [0.05, 0.1) is 11.5 Å². The minimum atomic E-state index is -2.97. The molecule has 1 aromatic carbocycles. The van der Waals surface area contributed by atoms with Gasteiger partial charge in [0.1, 0.15) is 0 Å². The number of rotatable bonds is 2. The van der Waals surface area contributed by atoms with Crippen LogP contribution < -0.4 is 10.6 Å². The summed E-state index contributed by atoms with van der Waals surface area (Å²) in [6.45, 7) is 1.58. The molecule has 7 heteroatoms. The highest BCUT2D eigenvalue weighted by Crippen LogP contribution is 2.39. The van der Waals surface area contributed by atoms with Gasteiger partial charge in [-0.3, -0.25) is 4.79 Å². The maximum atomic E-state index is 12.5. The Kier molecular flexibility index (Phi) is 3.80. The molecule has 2 saturated heterocycles. The molecule has 2 N–H and O–H groups in total. The monoisotopic (exact) mass is 349 g/mol. The maximum Gasteiger partial charge on any atom is 0.253 e. The third kappa shape index (κ3) is 2.80. The summed E-state index contributed by atoms with van der Waals surface area (Å²) in [4.78, 5) is 16.5. The SMILES string of the molecule is NC1CC2CC1CN2c1ccc(C(=O)N2CCS(=O)(=O)CC2)cc1. The van der Waals surface area contributed by atoms with Crippen LogP contribution in [0.5, 0.6) is 0 Å². The van der Waals surface area contributed by atoms with Crippen LogP contribution in [0, 0.1) is 5.92 Å². The van der Waals surface area contributed by atoms with Gasteiger partial charge in [-0.2, -0.15) is 0 Å². The van der Waals surface area contributed by atoms with E-state index < -0.39 is 9.84 Å². The standard InChI is InChI=1S/C17H23N3O3S/c18-16-10-15-9-13(16)11-20(15)14-3-1-12(2-4-14)17(21)19-5-7-24(22,23)8-6-19/h1-4,13,15-16H,5-11,18H2. The number of anilines is 1. The van der Waals surface area contributed by atoms with Crippen molar-refractivity contribution >= 4 is 21.4 Å². The number of sulfone groups is 1. The second-order valence-electron chi connectivity index (χ2n) is 7.19. The molecule has 2 aliphatic heterocycles. The van der Waals surface area contributed by atoms with Crippen molar-refractivity contribution in [2.75, 3.05) is 36.0 Å². The zero-order chi connectivity index (χ0) is 16.9. The van der Waals surface area contributed by atoms with E-state index in [-0.39, 0.29) is 30.5 Å². The fourth-order valence-corrected chi connectivity index (χ4v) is 5.40.